The van der Waals surface area contributed by atoms with E-state index in [1.165, 1.54) is 30.5 Å². The van der Waals surface area contributed by atoms with Crippen molar-refractivity contribution < 1.29 is 19.2 Å². The van der Waals surface area contributed by atoms with Gasteiger partial charge < -0.3 is 21.1 Å². The molecule has 1 amide bonds. The van der Waals surface area contributed by atoms with Crippen molar-refractivity contribution in [3.8, 4) is 5.75 Å². The van der Waals surface area contributed by atoms with E-state index in [2.05, 4.69) is 25.9 Å². The molecule has 10 nitrogen and oxygen atoms in total. The predicted molar refractivity (Wildman–Crippen MR) is 113 cm³/mol. The Morgan fingerprint density at radius 3 is 2.74 bits per heavy atom. The highest BCUT2D eigenvalue weighted by Crippen LogP contribution is 2.29. The predicted octanol–water partition coefficient (Wildman–Crippen LogP) is 4.05. The number of anilines is 4. The highest BCUT2D eigenvalue weighted by molar-refractivity contribution is 6.08. The number of nitro benzene ring substituents is 1. The number of carbonyl (C=O) groups excluding carboxylic acids is 1. The molecule has 4 N–H and O–H groups in total. The van der Waals surface area contributed by atoms with Crippen molar-refractivity contribution in [1.29, 1.82) is 0 Å². The maximum absolute atomic E-state index is 13.4. The van der Waals surface area contributed by atoms with Gasteiger partial charge in [-0.2, -0.15) is 4.98 Å². The largest absolute Gasteiger partial charge is 0.506 e. The van der Waals surface area contributed by atoms with Gasteiger partial charge in [0.15, 0.2) is 0 Å². The standard InChI is InChI=1S/C20H19FN6O4/c1-2-8-22-18-15(11-23-20(26-18)24-13-5-3-4-12(21)9-13)19(29)25-16-7-6-14(27(30)31)10-17(16)28/h3-7,9-11,28H,2,8H2,1H3,(H,25,29)(H2,22,23,24,26). The number of nitro groups is 1. The van der Waals surface area contributed by atoms with E-state index in [1.54, 1.807) is 6.07 Å². The number of phenols is 1. The van der Waals surface area contributed by atoms with Crippen molar-refractivity contribution in [1.82, 2.24) is 9.97 Å². The van der Waals surface area contributed by atoms with E-state index in [0.717, 1.165) is 18.6 Å². The molecule has 2 aromatic carbocycles. The second-order valence-electron chi connectivity index (χ2n) is 6.43. The third kappa shape index (κ3) is 5.41. The summed E-state index contributed by atoms with van der Waals surface area (Å²) in [6, 6.07) is 9.09. The van der Waals surface area contributed by atoms with E-state index >= 15 is 0 Å². The fourth-order valence-electron chi connectivity index (χ4n) is 2.61. The van der Waals surface area contributed by atoms with Gasteiger partial charge in [0.1, 0.15) is 22.9 Å². The number of aromatic nitrogens is 2. The topological polar surface area (TPSA) is 142 Å². The number of aromatic hydroxyl groups is 1. The summed E-state index contributed by atoms with van der Waals surface area (Å²) in [5, 5.41) is 29.1. The number of benzene rings is 2. The van der Waals surface area contributed by atoms with Crippen molar-refractivity contribution in [3.05, 3.63) is 70.2 Å². The number of hydrogen-bond acceptors (Lipinski definition) is 8. The maximum atomic E-state index is 13.4. The maximum Gasteiger partial charge on any atom is 0.273 e. The second-order valence-corrected chi connectivity index (χ2v) is 6.43. The van der Waals surface area contributed by atoms with Crippen LogP contribution in [0.1, 0.15) is 23.7 Å². The van der Waals surface area contributed by atoms with Gasteiger partial charge in [0.05, 0.1) is 16.7 Å². The molecule has 0 bridgehead atoms. The molecule has 31 heavy (non-hydrogen) atoms. The zero-order valence-electron chi connectivity index (χ0n) is 16.4. The van der Waals surface area contributed by atoms with Gasteiger partial charge in [-0.15, -0.1) is 0 Å². The number of halogens is 1. The minimum Gasteiger partial charge on any atom is -0.506 e. The van der Waals surface area contributed by atoms with Crippen molar-refractivity contribution >= 4 is 34.7 Å². The van der Waals surface area contributed by atoms with E-state index < -0.39 is 22.4 Å². The van der Waals surface area contributed by atoms with Gasteiger partial charge in [-0.25, -0.2) is 9.37 Å². The highest BCUT2D eigenvalue weighted by Gasteiger charge is 2.18. The molecule has 160 valence electrons. The minimum absolute atomic E-state index is 0.000922. The molecule has 0 atom stereocenters. The Morgan fingerprint density at radius 1 is 1.26 bits per heavy atom. The van der Waals surface area contributed by atoms with Gasteiger partial charge in [0, 0.05) is 24.5 Å². The Kier molecular flexibility index (Phi) is 6.55. The second kappa shape index (κ2) is 9.48. The van der Waals surface area contributed by atoms with E-state index in [0.29, 0.717) is 12.2 Å². The summed E-state index contributed by atoms with van der Waals surface area (Å²) in [6.45, 7) is 2.47. The summed E-state index contributed by atoms with van der Waals surface area (Å²) >= 11 is 0. The van der Waals surface area contributed by atoms with E-state index in [1.807, 2.05) is 6.92 Å². The number of rotatable bonds is 8. The lowest BCUT2D eigenvalue weighted by Gasteiger charge is -2.13. The molecular formula is C20H19FN6O4. The van der Waals surface area contributed by atoms with E-state index in [9.17, 15) is 24.4 Å². The highest BCUT2D eigenvalue weighted by atomic mass is 19.1. The number of nitrogens with one attached hydrogen (secondary N) is 3. The Morgan fingerprint density at radius 2 is 2.06 bits per heavy atom. The van der Waals surface area contributed by atoms with Crippen molar-refractivity contribution in [2.24, 2.45) is 0 Å². The first kappa shape index (κ1) is 21.4. The smallest absolute Gasteiger partial charge is 0.273 e. The summed E-state index contributed by atoms with van der Waals surface area (Å²) in [6.07, 6.45) is 2.05. The molecule has 0 aliphatic carbocycles. The first-order chi connectivity index (χ1) is 14.9. The zero-order chi connectivity index (χ0) is 22.4. The molecule has 11 heteroatoms. The van der Waals surface area contributed by atoms with Gasteiger partial charge >= 0.3 is 0 Å². The van der Waals surface area contributed by atoms with Crippen LogP contribution in [0.2, 0.25) is 0 Å². The lowest BCUT2D eigenvalue weighted by Crippen LogP contribution is -2.17. The van der Waals surface area contributed by atoms with Gasteiger partial charge in [0.25, 0.3) is 11.6 Å². The van der Waals surface area contributed by atoms with Gasteiger partial charge in [-0.05, 0) is 30.7 Å². The van der Waals surface area contributed by atoms with Crippen molar-refractivity contribution in [2.45, 2.75) is 13.3 Å². The Labute approximate surface area is 176 Å². The molecule has 1 heterocycles. The lowest BCUT2D eigenvalue weighted by atomic mass is 10.2. The van der Waals surface area contributed by atoms with E-state index in [-0.39, 0.29) is 28.7 Å². The summed E-state index contributed by atoms with van der Waals surface area (Å²) in [5.74, 6) is -1.11. The number of amides is 1. The quantitative estimate of drug-likeness (QED) is 0.240. The molecule has 3 aromatic rings. The van der Waals surface area contributed by atoms with Crippen LogP contribution in [0.3, 0.4) is 0 Å². The van der Waals surface area contributed by atoms with Gasteiger partial charge in [-0.3, -0.25) is 14.9 Å². The van der Waals surface area contributed by atoms with Crippen molar-refractivity contribution in [2.75, 3.05) is 22.5 Å². The Bertz CT molecular complexity index is 1120. The van der Waals surface area contributed by atoms with Crippen LogP contribution in [0.5, 0.6) is 5.75 Å². The third-order valence-corrected chi connectivity index (χ3v) is 4.10. The number of nitrogens with zero attached hydrogens (tertiary/aromatic N) is 3. The molecule has 3 rings (SSSR count). The summed E-state index contributed by atoms with van der Waals surface area (Å²) in [7, 11) is 0. The molecule has 0 spiro atoms. The monoisotopic (exact) mass is 426 g/mol. The molecule has 0 aliphatic heterocycles. The molecular weight excluding hydrogens is 407 g/mol. The van der Waals surface area contributed by atoms with Crippen LogP contribution in [0.15, 0.2) is 48.7 Å². The Hall–Kier alpha value is -4.28. The van der Waals surface area contributed by atoms with Crippen LogP contribution in [-0.2, 0) is 0 Å². The molecule has 0 fully saturated rings. The number of hydrogen-bond donors (Lipinski definition) is 4. The van der Waals surface area contributed by atoms with Crippen LogP contribution < -0.4 is 16.0 Å². The minimum atomic E-state index is -0.656. The normalized spacial score (nSPS) is 10.4. The molecule has 0 saturated heterocycles. The Balaban J connectivity index is 1.85. The fourth-order valence-corrected chi connectivity index (χ4v) is 2.61. The average molecular weight is 426 g/mol. The number of non-ortho nitro benzene ring substituents is 1. The average Bonchev–Trinajstić information content (AvgIpc) is 2.73. The SMILES string of the molecule is CCCNc1nc(Nc2cccc(F)c2)ncc1C(=O)Nc1ccc([N+](=O)[O-])cc1O. The molecule has 0 saturated carbocycles. The molecule has 0 radical (unpaired) electrons. The third-order valence-electron chi connectivity index (χ3n) is 4.10. The zero-order valence-corrected chi connectivity index (χ0v) is 16.4. The molecule has 1 aromatic heterocycles. The summed E-state index contributed by atoms with van der Waals surface area (Å²) in [5.41, 5.74) is 0.223. The van der Waals surface area contributed by atoms with Crippen LogP contribution in [-0.4, -0.2) is 32.4 Å². The molecule has 0 aliphatic rings. The van der Waals surface area contributed by atoms with E-state index in [4.69, 9.17) is 0 Å². The number of carbonyl (C=O) groups is 1. The summed E-state index contributed by atoms with van der Waals surface area (Å²) in [4.78, 5) is 31.3. The first-order valence-corrected chi connectivity index (χ1v) is 9.29. The van der Waals surface area contributed by atoms with Gasteiger partial charge in [0.2, 0.25) is 5.95 Å². The lowest BCUT2D eigenvalue weighted by molar-refractivity contribution is -0.384. The van der Waals surface area contributed by atoms with Crippen LogP contribution >= 0.6 is 0 Å². The van der Waals surface area contributed by atoms with Crippen LogP contribution in [0, 0.1) is 15.9 Å². The van der Waals surface area contributed by atoms with Crippen LogP contribution in [0.25, 0.3) is 0 Å². The van der Waals surface area contributed by atoms with Crippen molar-refractivity contribution in [3.63, 3.8) is 0 Å². The summed E-state index contributed by atoms with van der Waals surface area (Å²) < 4.78 is 13.4. The fraction of sp³-hybridized carbons (Fsp3) is 0.150. The van der Waals surface area contributed by atoms with Crippen LogP contribution in [0.4, 0.5) is 33.2 Å². The van der Waals surface area contributed by atoms with Gasteiger partial charge in [-0.1, -0.05) is 13.0 Å². The first-order valence-electron chi connectivity index (χ1n) is 9.29. The number of phenolic OH excluding ortho intramolecular Hbond substituents is 1. The molecule has 0 unspecified atom stereocenters.